The number of pyridine rings is 1. The van der Waals surface area contributed by atoms with Crippen LogP contribution in [0.25, 0.3) is 5.69 Å². The van der Waals surface area contributed by atoms with Gasteiger partial charge >= 0.3 is 0 Å². The highest BCUT2D eigenvalue weighted by molar-refractivity contribution is 9.11. The monoisotopic (exact) mass is 445 g/mol. The number of nitrogens with two attached hydrogens (primary N) is 1. The molecular weight excluding hydrogens is 441 g/mol. The smallest absolute Gasteiger partial charge is 0.262 e. The van der Waals surface area contributed by atoms with Crippen LogP contribution in [-0.4, -0.2) is 16.4 Å². The van der Waals surface area contributed by atoms with E-state index in [9.17, 15) is 14.4 Å². The van der Waals surface area contributed by atoms with E-state index in [0.717, 1.165) is 10.6 Å². The zero-order valence-corrected chi connectivity index (χ0v) is 14.5. The third-order valence-electron chi connectivity index (χ3n) is 3.16. The molecule has 2 amide bonds. The van der Waals surface area contributed by atoms with Crippen molar-refractivity contribution in [3.05, 3.63) is 53.6 Å². The molecule has 112 valence electrons. The van der Waals surface area contributed by atoms with Gasteiger partial charge in [-0.2, -0.15) is 0 Å². The lowest BCUT2D eigenvalue weighted by Gasteiger charge is -2.15. The van der Waals surface area contributed by atoms with Crippen molar-refractivity contribution in [1.29, 1.82) is 0 Å². The fraction of sp³-hybridized carbons (Fsp3) is 0. The molecule has 3 rings (SSSR count). The number of carbonyl (C=O) groups is 2. The zero-order chi connectivity index (χ0) is 16.2. The van der Waals surface area contributed by atoms with Crippen LogP contribution >= 0.6 is 43.5 Å². The lowest BCUT2D eigenvalue weighted by molar-refractivity contribution is 0.0880. The highest BCUT2D eigenvalue weighted by Gasteiger charge is 2.32. The molecule has 0 aliphatic carbocycles. The third-order valence-corrected chi connectivity index (χ3v) is 4.59. The maximum Gasteiger partial charge on any atom is 0.262 e. The van der Waals surface area contributed by atoms with Gasteiger partial charge in [0.05, 0.1) is 16.8 Å². The van der Waals surface area contributed by atoms with Gasteiger partial charge in [-0.15, -0.1) is 0 Å². The number of hydrogen-bond donors (Lipinski definition) is 2. The van der Waals surface area contributed by atoms with Crippen LogP contribution in [-0.2, 0) is 0 Å². The summed E-state index contributed by atoms with van der Waals surface area (Å²) in [5.41, 5.74) is 5.79. The summed E-state index contributed by atoms with van der Waals surface area (Å²) in [5.74, 6) is -1.38. The number of anilines is 1. The van der Waals surface area contributed by atoms with Crippen molar-refractivity contribution in [2.45, 2.75) is 0 Å². The molecule has 0 atom stereocenters. The molecule has 0 spiro atoms. The van der Waals surface area contributed by atoms with Crippen molar-refractivity contribution in [3.63, 3.8) is 0 Å². The summed E-state index contributed by atoms with van der Waals surface area (Å²) in [4.78, 5) is 35.8. The summed E-state index contributed by atoms with van der Waals surface area (Å²) in [7, 11) is 0. The minimum Gasteiger partial charge on any atom is -0.384 e. The van der Waals surface area contributed by atoms with Gasteiger partial charge in [0.1, 0.15) is 5.82 Å². The Labute approximate surface area is 145 Å². The molecule has 1 aromatic heterocycles. The molecule has 0 bridgehead atoms. The number of aromatic nitrogens is 1. The Morgan fingerprint density at radius 1 is 1.05 bits per heavy atom. The Morgan fingerprint density at radius 2 is 1.64 bits per heavy atom. The van der Waals surface area contributed by atoms with Crippen molar-refractivity contribution >= 4 is 61.1 Å². The van der Waals surface area contributed by atoms with Gasteiger partial charge in [0.25, 0.3) is 17.4 Å². The number of carbonyl (C=O) groups excluding carboxylic acids is 2. The quantitative estimate of drug-likeness (QED) is 0.657. The molecular formula is C13H6Br2ClN3O3. The first kappa shape index (κ1) is 15.3. The van der Waals surface area contributed by atoms with Crippen LogP contribution < -0.4 is 16.6 Å². The van der Waals surface area contributed by atoms with Crippen LogP contribution in [0.2, 0.25) is 5.02 Å². The second-order valence-electron chi connectivity index (χ2n) is 4.49. The second kappa shape index (κ2) is 5.22. The number of nitrogen functional groups attached to an aromatic ring is 1. The molecule has 2 aromatic rings. The van der Waals surface area contributed by atoms with E-state index in [4.69, 9.17) is 17.3 Å². The van der Waals surface area contributed by atoms with E-state index in [1.54, 1.807) is 12.1 Å². The molecule has 9 heteroatoms. The Balaban J connectivity index is 2.40. The summed E-state index contributed by atoms with van der Waals surface area (Å²) >= 11 is 12.6. The van der Waals surface area contributed by atoms with Crippen LogP contribution in [0.5, 0.6) is 0 Å². The van der Waals surface area contributed by atoms with Gasteiger partial charge in [-0.05, 0) is 44.0 Å². The number of fused-ring (bicyclic) bond motifs is 1. The van der Waals surface area contributed by atoms with Crippen molar-refractivity contribution < 1.29 is 9.59 Å². The Bertz CT molecular complexity index is 900. The summed E-state index contributed by atoms with van der Waals surface area (Å²) < 4.78 is 2.15. The lowest BCUT2D eigenvalue weighted by atomic mass is 10.1. The van der Waals surface area contributed by atoms with Crippen LogP contribution in [0.15, 0.2) is 31.9 Å². The van der Waals surface area contributed by atoms with Crippen molar-refractivity contribution in [2.24, 2.45) is 0 Å². The molecule has 0 fully saturated rings. The van der Waals surface area contributed by atoms with Crippen LogP contribution in [0, 0.1) is 0 Å². The molecule has 1 aromatic carbocycles. The van der Waals surface area contributed by atoms with Gasteiger partial charge in [-0.1, -0.05) is 11.6 Å². The fourth-order valence-corrected chi connectivity index (χ4v) is 4.28. The molecule has 0 unspecified atom stereocenters. The minimum absolute atomic E-state index is 0.0154. The number of hydrogen-bond acceptors (Lipinski definition) is 4. The van der Waals surface area contributed by atoms with Gasteiger partial charge in [0, 0.05) is 20.0 Å². The Hall–Kier alpha value is -1.64. The van der Waals surface area contributed by atoms with E-state index in [1.807, 2.05) is 0 Å². The van der Waals surface area contributed by atoms with Gasteiger partial charge in [-0.25, -0.2) is 0 Å². The number of amides is 2. The average molecular weight is 447 g/mol. The number of nitrogens with one attached hydrogen (secondary N) is 1. The Kier molecular flexibility index (Phi) is 3.62. The molecule has 22 heavy (non-hydrogen) atoms. The first-order chi connectivity index (χ1) is 10.3. The maximum atomic E-state index is 12.4. The van der Waals surface area contributed by atoms with Crippen molar-refractivity contribution in [2.75, 3.05) is 5.73 Å². The van der Waals surface area contributed by atoms with E-state index in [-0.39, 0.29) is 16.9 Å². The lowest BCUT2D eigenvalue weighted by Crippen LogP contribution is -2.24. The predicted octanol–water partition coefficient (Wildman–Crippen LogP) is 2.48. The van der Waals surface area contributed by atoms with E-state index in [1.165, 1.54) is 0 Å². The molecule has 1 aliphatic rings. The average Bonchev–Trinajstić information content (AvgIpc) is 2.67. The zero-order valence-electron chi connectivity index (χ0n) is 10.6. The van der Waals surface area contributed by atoms with Crippen LogP contribution in [0.3, 0.4) is 0 Å². The first-order valence-corrected chi connectivity index (χ1v) is 7.83. The van der Waals surface area contributed by atoms with E-state index in [0.29, 0.717) is 19.7 Å². The van der Waals surface area contributed by atoms with Gasteiger partial charge in [-0.3, -0.25) is 24.3 Å². The number of benzene rings is 1. The van der Waals surface area contributed by atoms with Crippen LogP contribution in [0.1, 0.15) is 20.7 Å². The van der Waals surface area contributed by atoms with Gasteiger partial charge < -0.3 is 5.73 Å². The molecule has 1 aliphatic heterocycles. The van der Waals surface area contributed by atoms with Gasteiger partial charge in [0.2, 0.25) is 0 Å². The summed E-state index contributed by atoms with van der Waals surface area (Å²) in [5, 5.41) is 2.56. The summed E-state index contributed by atoms with van der Waals surface area (Å²) in [6.45, 7) is 0. The minimum atomic E-state index is -0.634. The Morgan fingerprint density at radius 3 is 2.23 bits per heavy atom. The molecule has 6 nitrogen and oxygen atoms in total. The normalized spacial score (nSPS) is 13.2. The third kappa shape index (κ3) is 2.18. The predicted molar refractivity (Wildman–Crippen MR) is 88.7 cm³/mol. The van der Waals surface area contributed by atoms with Crippen molar-refractivity contribution in [1.82, 2.24) is 9.88 Å². The number of halogens is 3. The van der Waals surface area contributed by atoms with Gasteiger partial charge in [0.15, 0.2) is 0 Å². The van der Waals surface area contributed by atoms with Crippen LogP contribution in [0.4, 0.5) is 5.82 Å². The highest BCUT2D eigenvalue weighted by atomic mass is 79.9. The second-order valence-corrected chi connectivity index (χ2v) is 6.64. The molecule has 0 saturated heterocycles. The van der Waals surface area contributed by atoms with E-state index < -0.39 is 17.4 Å². The van der Waals surface area contributed by atoms with Crippen molar-refractivity contribution in [3.8, 4) is 5.69 Å². The molecule has 0 saturated carbocycles. The largest absolute Gasteiger partial charge is 0.384 e. The topological polar surface area (TPSA) is 94.2 Å². The van der Waals surface area contributed by atoms with E-state index >= 15 is 0 Å². The summed E-state index contributed by atoms with van der Waals surface area (Å²) in [6.07, 6.45) is 0. The molecule has 2 heterocycles. The number of rotatable bonds is 1. The highest BCUT2D eigenvalue weighted by Crippen LogP contribution is 2.34. The maximum absolute atomic E-state index is 12.4. The number of imide groups is 1. The standard InChI is InChI=1S/C13H6Br2ClN3O3/c14-6-1-4(16)2-7(15)10(6)19-8(20)3-5-9(11(19)17)13(22)18-12(5)21/h1-3H,17H2,(H,18,21,22). The summed E-state index contributed by atoms with van der Waals surface area (Å²) in [6, 6.07) is 4.26. The SMILES string of the molecule is Nc1c2c(cc(=O)n1-c1c(Br)cc(Cl)cc1Br)C(=O)NC2=O. The first-order valence-electron chi connectivity index (χ1n) is 5.87. The molecule has 0 radical (unpaired) electrons. The fourth-order valence-electron chi connectivity index (χ4n) is 2.26. The molecule has 3 N–H and O–H groups in total. The van der Waals surface area contributed by atoms with E-state index in [2.05, 4.69) is 37.2 Å². The number of nitrogens with zero attached hydrogens (tertiary/aromatic N) is 1.